The molecule has 0 aliphatic rings. The van der Waals surface area contributed by atoms with E-state index < -0.39 is 0 Å². The molecular formula is C19H21N3O2. The minimum Gasteiger partial charge on any atom is -0.495 e. The van der Waals surface area contributed by atoms with Crippen molar-refractivity contribution in [3.8, 4) is 17.6 Å². The van der Waals surface area contributed by atoms with Crippen LogP contribution in [-0.4, -0.2) is 12.1 Å². The molecule has 1 aromatic carbocycles. The van der Waals surface area contributed by atoms with E-state index in [1.807, 2.05) is 57.2 Å². The van der Waals surface area contributed by atoms with Crippen LogP contribution in [0.1, 0.15) is 31.2 Å². The van der Waals surface area contributed by atoms with Crippen LogP contribution in [0.25, 0.3) is 0 Å². The van der Waals surface area contributed by atoms with Gasteiger partial charge in [0.2, 0.25) is 5.76 Å². The van der Waals surface area contributed by atoms with E-state index in [0.717, 1.165) is 17.1 Å². The van der Waals surface area contributed by atoms with E-state index in [9.17, 15) is 5.26 Å². The normalized spacial score (nSPS) is 11.1. The zero-order valence-electron chi connectivity index (χ0n) is 14.3. The first kappa shape index (κ1) is 17.4. The minimum absolute atomic E-state index is 0.147. The van der Waals surface area contributed by atoms with Gasteiger partial charge < -0.3 is 14.8 Å². The molecule has 2 aromatic rings. The highest BCUT2D eigenvalue weighted by atomic mass is 16.5. The molecule has 0 amide bonds. The van der Waals surface area contributed by atoms with Gasteiger partial charge in [-0.1, -0.05) is 32.0 Å². The van der Waals surface area contributed by atoms with Gasteiger partial charge in [-0.25, -0.2) is 0 Å². The lowest BCUT2D eigenvalue weighted by atomic mass is 10.1. The topological polar surface area (TPSA) is 67.2 Å². The molecule has 5 heteroatoms. The molecule has 1 N–H and O–H groups in total. The van der Waals surface area contributed by atoms with Gasteiger partial charge in [-0.15, -0.1) is 0 Å². The van der Waals surface area contributed by atoms with Gasteiger partial charge in [0.25, 0.3) is 0 Å². The Morgan fingerprint density at radius 3 is 2.54 bits per heavy atom. The second-order valence-corrected chi connectivity index (χ2v) is 5.55. The summed E-state index contributed by atoms with van der Waals surface area (Å²) < 4.78 is 11.1. The number of aromatic nitrogens is 1. The molecule has 0 fully saturated rings. The largest absolute Gasteiger partial charge is 0.495 e. The Morgan fingerprint density at radius 2 is 1.96 bits per heavy atom. The number of aryl methyl sites for hydroxylation is 1. The van der Waals surface area contributed by atoms with Crippen molar-refractivity contribution in [3.63, 3.8) is 0 Å². The number of nitrogens with one attached hydrogen (secondary N) is 1. The number of nitrogens with zero attached hydrogens (tertiary/aromatic N) is 2. The summed E-state index contributed by atoms with van der Waals surface area (Å²) in [6.07, 6.45) is 1.53. The molecule has 0 bridgehead atoms. The molecule has 124 valence electrons. The molecule has 1 heterocycles. The third-order valence-corrected chi connectivity index (χ3v) is 3.40. The number of pyridine rings is 1. The lowest BCUT2D eigenvalue weighted by Crippen LogP contribution is -2.05. The van der Waals surface area contributed by atoms with E-state index in [2.05, 4.69) is 10.3 Å². The van der Waals surface area contributed by atoms with E-state index in [1.165, 1.54) is 6.20 Å². The van der Waals surface area contributed by atoms with Crippen LogP contribution in [0.4, 0.5) is 5.69 Å². The summed E-state index contributed by atoms with van der Waals surface area (Å²) in [6, 6.07) is 13.4. The Hall–Kier alpha value is -3.00. The van der Waals surface area contributed by atoms with Gasteiger partial charge in [-0.05, 0) is 25.0 Å². The molecule has 0 saturated heterocycles. The summed E-state index contributed by atoms with van der Waals surface area (Å²) in [5.41, 5.74) is 2.45. The maximum atomic E-state index is 9.34. The Morgan fingerprint density at radius 1 is 1.25 bits per heavy atom. The summed E-state index contributed by atoms with van der Waals surface area (Å²) in [6.45, 7) is 5.94. The molecule has 1 aromatic heterocycles. The molecule has 0 radical (unpaired) electrons. The lowest BCUT2D eigenvalue weighted by molar-refractivity contribution is 0.394. The highest BCUT2D eigenvalue weighted by Gasteiger charge is 2.15. The molecule has 24 heavy (non-hydrogen) atoms. The second-order valence-electron chi connectivity index (χ2n) is 5.55. The number of anilines is 1. The zero-order chi connectivity index (χ0) is 17.5. The van der Waals surface area contributed by atoms with Crippen molar-refractivity contribution in [2.45, 2.75) is 26.7 Å². The third kappa shape index (κ3) is 4.26. The summed E-state index contributed by atoms with van der Waals surface area (Å²) in [4.78, 5) is 4.54. The lowest BCUT2D eigenvalue weighted by Gasteiger charge is -2.15. The fraction of sp³-hybridized carbons (Fsp3) is 0.263. The maximum absolute atomic E-state index is 9.34. The number of hydrogen-bond acceptors (Lipinski definition) is 5. The summed E-state index contributed by atoms with van der Waals surface area (Å²) in [5.74, 6) is 1.46. The van der Waals surface area contributed by atoms with Crippen LogP contribution < -0.4 is 14.8 Å². The van der Waals surface area contributed by atoms with Gasteiger partial charge in [0.1, 0.15) is 11.8 Å². The predicted octanol–water partition coefficient (Wildman–Crippen LogP) is 4.38. The third-order valence-electron chi connectivity index (χ3n) is 3.40. The van der Waals surface area contributed by atoms with Crippen LogP contribution in [0.15, 0.2) is 48.4 Å². The Balaban J connectivity index is 2.28. The summed E-state index contributed by atoms with van der Waals surface area (Å²) in [5, 5.41) is 12.4. The van der Waals surface area contributed by atoms with Gasteiger partial charge >= 0.3 is 0 Å². The number of nitriles is 1. The van der Waals surface area contributed by atoms with Gasteiger partial charge in [0.15, 0.2) is 5.75 Å². The molecule has 0 atom stereocenters. The molecular weight excluding hydrogens is 302 g/mol. The molecule has 0 aliphatic carbocycles. The fourth-order valence-electron chi connectivity index (χ4n) is 2.18. The summed E-state index contributed by atoms with van der Waals surface area (Å²) in [7, 11) is 1.58. The average molecular weight is 323 g/mol. The van der Waals surface area contributed by atoms with Gasteiger partial charge in [0, 0.05) is 11.8 Å². The first-order chi connectivity index (χ1) is 11.5. The van der Waals surface area contributed by atoms with Crippen molar-refractivity contribution in [1.29, 1.82) is 5.26 Å². The monoisotopic (exact) mass is 323 g/mol. The molecule has 0 aliphatic heterocycles. The number of hydrogen-bond donors (Lipinski definition) is 1. The van der Waals surface area contributed by atoms with E-state index in [0.29, 0.717) is 11.5 Å². The van der Waals surface area contributed by atoms with E-state index >= 15 is 0 Å². The molecule has 0 unspecified atom stereocenters. The van der Waals surface area contributed by atoms with Gasteiger partial charge in [-0.2, -0.15) is 5.26 Å². The number of allylic oxidation sites excluding steroid dienone is 1. The van der Waals surface area contributed by atoms with Crippen molar-refractivity contribution in [2.24, 2.45) is 0 Å². The summed E-state index contributed by atoms with van der Waals surface area (Å²) >= 11 is 0. The highest BCUT2D eigenvalue weighted by Crippen LogP contribution is 2.31. The average Bonchev–Trinajstić information content (AvgIpc) is 2.60. The predicted molar refractivity (Wildman–Crippen MR) is 94.0 cm³/mol. The molecule has 0 saturated carbocycles. The molecule has 2 rings (SSSR count). The highest BCUT2D eigenvalue weighted by molar-refractivity contribution is 5.47. The first-order valence-electron chi connectivity index (χ1n) is 7.70. The molecule has 5 nitrogen and oxygen atoms in total. The van der Waals surface area contributed by atoms with Crippen LogP contribution in [0.2, 0.25) is 0 Å². The van der Waals surface area contributed by atoms with E-state index in [4.69, 9.17) is 9.47 Å². The van der Waals surface area contributed by atoms with Crippen LogP contribution in [0.3, 0.4) is 0 Å². The zero-order valence-corrected chi connectivity index (χ0v) is 14.3. The minimum atomic E-state index is 0.147. The van der Waals surface area contributed by atoms with Crippen molar-refractivity contribution >= 4 is 5.69 Å². The number of rotatable bonds is 6. The van der Waals surface area contributed by atoms with Crippen molar-refractivity contribution in [2.75, 3.05) is 12.4 Å². The van der Waals surface area contributed by atoms with Crippen LogP contribution in [0.5, 0.6) is 11.5 Å². The number of ether oxygens (including phenoxy) is 2. The second kappa shape index (κ2) is 8.02. The SMILES string of the molecule is COc1cc(O/C(C#N)=C/Nc2ccccc2)c(C(C)C)nc1C. The van der Waals surface area contributed by atoms with Gasteiger partial charge in [-0.3, -0.25) is 4.98 Å². The Labute approximate surface area is 142 Å². The maximum Gasteiger partial charge on any atom is 0.220 e. The smallest absolute Gasteiger partial charge is 0.220 e. The van der Waals surface area contributed by atoms with Crippen molar-refractivity contribution in [1.82, 2.24) is 4.98 Å². The standard InChI is InChI=1S/C19H21N3O2/c1-13(2)19-18(10-17(23-4)14(3)22-19)24-16(11-20)12-21-15-8-6-5-7-9-15/h5-10,12-13,21H,1-4H3/b16-12+. The number of para-hydroxylation sites is 1. The number of benzene rings is 1. The van der Waals surface area contributed by atoms with Crippen LogP contribution in [0, 0.1) is 18.3 Å². The van der Waals surface area contributed by atoms with Crippen molar-refractivity contribution in [3.05, 3.63) is 59.7 Å². The van der Waals surface area contributed by atoms with Gasteiger partial charge in [0.05, 0.1) is 24.7 Å². The van der Waals surface area contributed by atoms with Crippen molar-refractivity contribution < 1.29 is 9.47 Å². The van der Waals surface area contributed by atoms with E-state index in [-0.39, 0.29) is 11.7 Å². The first-order valence-corrected chi connectivity index (χ1v) is 7.70. The molecule has 0 spiro atoms. The Kier molecular flexibility index (Phi) is 5.80. The number of methoxy groups -OCH3 is 1. The quantitative estimate of drug-likeness (QED) is 0.631. The Bertz CT molecular complexity index is 762. The van der Waals surface area contributed by atoms with Crippen LogP contribution >= 0.6 is 0 Å². The van der Waals surface area contributed by atoms with E-state index in [1.54, 1.807) is 13.2 Å². The fourth-order valence-corrected chi connectivity index (χ4v) is 2.18. The van der Waals surface area contributed by atoms with Crippen LogP contribution in [-0.2, 0) is 0 Å².